The zero-order chi connectivity index (χ0) is 18.7. The molecule has 2 unspecified atom stereocenters. The lowest BCUT2D eigenvalue weighted by Crippen LogP contribution is -2.46. The standard InChI is InChI=1S/C18H26ClN3O3S/c1-13-6-7-15(10-16(13)19)26(24,25)22-9-3-4-14(12-22)11-21-18(23)17-5-2-8-20-17/h6-7,10,14,17,20H,2-5,8-9,11-12H2,1H3,(H,21,23). The van der Waals surface area contributed by atoms with E-state index >= 15 is 0 Å². The molecule has 3 rings (SSSR count). The third-order valence-corrected chi connectivity index (χ3v) is 7.47. The minimum absolute atomic E-state index is 0.0211. The molecule has 0 saturated carbocycles. The van der Waals surface area contributed by atoms with Gasteiger partial charge in [-0.3, -0.25) is 4.79 Å². The van der Waals surface area contributed by atoms with E-state index in [1.807, 2.05) is 6.92 Å². The molecule has 2 atom stereocenters. The Morgan fingerprint density at radius 3 is 2.85 bits per heavy atom. The van der Waals surface area contributed by atoms with Crippen molar-refractivity contribution in [2.45, 2.75) is 43.5 Å². The van der Waals surface area contributed by atoms with E-state index in [2.05, 4.69) is 10.6 Å². The number of piperidine rings is 1. The topological polar surface area (TPSA) is 78.5 Å². The Labute approximate surface area is 160 Å². The second kappa shape index (κ2) is 8.25. The molecular formula is C18H26ClN3O3S. The highest BCUT2D eigenvalue weighted by Crippen LogP contribution is 2.26. The lowest BCUT2D eigenvalue weighted by Gasteiger charge is -2.32. The van der Waals surface area contributed by atoms with Crippen molar-refractivity contribution in [1.29, 1.82) is 0 Å². The maximum atomic E-state index is 12.9. The van der Waals surface area contributed by atoms with Crippen molar-refractivity contribution in [2.75, 3.05) is 26.2 Å². The van der Waals surface area contributed by atoms with Crippen molar-refractivity contribution in [3.63, 3.8) is 0 Å². The van der Waals surface area contributed by atoms with Gasteiger partial charge < -0.3 is 10.6 Å². The summed E-state index contributed by atoms with van der Waals surface area (Å²) >= 11 is 6.10. The number of carbonyl (C=O) groups is 1. The zero-order valence-corrected chi connectivity index (χ0v) is 16.6. The predicted octanol–water partition coefficient (Wildman–Crippen LogP) is 1.92. The molecule has 2 aliphatic heterocycles. The van der Waals surface area contributed by atoms with E-state index in [0.29, 0.717) is 24.7 Å². The number of carbonyl (C=O) groups excluding carboxylic acids is 1. The lowest BCUT2D eigenvalue weighted by atomic mass is 9.99. The number of nitrogens with one attached hydrogen (secondary N) is 2. The monoisotopic (exact) mass is 399 g/mol. The van der Waals surface area contributed by atoms with Crippen LogP contribution in [0.3, 0.4) is 0 Å². The van der Waals surface area contributed by atoms with Gasteiger partial charge in [-0.05, 0) is 62.8 Å². The van der Waals surface area contributed by atoms with Crippen LogP contribution >= 0.6 is 11.6 Å². The molecule has 26 heavy (non-hydrogen) atoms. The molecule has 0 aliphatic carbocycles. The normalized spacial score (nSPS) is 24.5. The van der Waals surface area contributed by atoms with E-state index < -0.39 is 10.0 Å². The van der Waals surface area contributed by atoms with Crippen molar-refractivity contribution in [3.8, 4) is 0 Å². The van der Waals surface area contributed by atoms with Crippen molar-refractivity contribution in [1.82, 2.24) is 14.9 Å². The van der Waals surface area contributed by atoms with Gasteiger partial charge in [0.25, 0.3) is 0 Å². The smallest absolute Gasteiger partial charge is 0.243 e. The maximum Gasteiger partial charge on any atom is 0.243 e. The van der Waals surface area contributed by atoms with Crippen LogP contribution in [0.5, 0.6) is 0 Å². The number of nitrogens with zero attached hydrogens (tertiary/aromatic N) is 1. The molecule has 0 aromatic heterocycles. The Bertz CT molecular complexity index is 763. The number of rotatable bonds is 5. The van der Waals surface area contributed by atoms with Gasteiger partial charge in [-0.25, -0.2) is 8.42 Å². The van der Waals surface area contributed by atoms with Crippen molar-refractivity contribution in [2.24, 2.45) is 5.92 Å². The molecular weight excluding hydrogens is 374 g/mol. The Morgan fingerprint density at radius 2 is 2.15 bits per heavy atom. The number of halogens is 1. The lowest BCUT2D eigenvalue weighted by molar-refractivity contribution is -0.123. The molecule has 8 heteroatoms. The number of amides is 1. The molecule has 6 nitrogen and oxygen atoms in total. The largest absolute Gasteiger partial charge is 0.354 e. The summed E-state index contributed by atoms with van der Waals surface area (Å²) in [5, 5.41) is 6.61. The highest BCUT2D eigenvalue weighted by Gasteiger charge is 2.31. The second-order valence-corrected chi connectivity index (χ2v) is 9.52. The summed E-state index contributed by atoms with van der Waals surface area (Å²) < 4.78 is 27.3. The number of benzene rings is 1. The quantitative estimate of drug-likeness (QED) is 0.792. The number of sulfonamides is 1. The van der Waals surface area contributed by atoms with Gasteiger partial charge in [-0.1, -0.05) is 17.7 Å². The highest BCUT2D eigenvalue weighted by molar-refractivity contribution is 7.89. The first-order chi connectivity index (χ1) is 12.4. The van der Waals surface area contributed by atoms with Crippen LogP contribution in [0.15, 0.2) is 23.1 Å². The number of hydrogen-bond acceptors (Lipinski definition) is 4. The van der Waals surface area contributed by atoms with Crippen molar-refractivity contribution >= 4 is 27.5 Å². The van der Waals surface area contributed by atoms with Crippen molar-refractivity contribution < 1.29 is 13.2 Å². The van der Waals surface area contributed by atoms with Crippen LogP contribution in [-0.4, -0.2) is 50.9 Å². The Hall–Kier alpha value is -1.15. The van der Waals surface area contributed by atoms with Gasteiger partial charge in [0.15, 0.2) is 0 Å². The molecule has 2 fully saturated rings. The molecule has 1 aromatic carbocycles. The summed E-state index contributed by atoms with van der Waals surface area (Å²) in [6.07, 6.45) is 3.60. The summed E-state index contributed by atoms with van der Waals surface area (Å²) in [5.74, 6) is 0.151. The first-order valence-electron chi connectivity index (χ1n) is 9.15. The van der Waals surface area contributed by atoms with Crippen molar-refractivity contribution in [3.05, 3.63) is 28.8 Å². The summed E-state index contributed by atoms with van der Waals surface area (Å²) in [5.41, 5.74) is 0.852. The second-order valence-electron chi connectivity index (χ2n) is 7.18. The molecule has 1 amide bonds. The minimum Gasteiger partial charge on any atom is -0.354 e. The van der Waals surface area contributed by atoms with E-state index in [0.717, 1.165) is 37.8 Å². The van der Waals surface area contributed by atoms with Crippen LogP contribution in [0.25, 0.3) is 0 Å². The van der Waals surface area contributed by atoms with E-state index in [-0.39, 0.29) is 22.8 Å². The predicted molar refractivity (Wildman–Crippen MR) is 102 cm³/mol. The summed E-state index contributed by atoms with van der Waals surface area (Å²) in [6, 6.07) is 4.75. The Morgan fingerprint density at radius 1 is 1.35 bits per heavy atom. The summed E-state index contributed by atoms with van der Waals surface area (Å²) in [7, 11) is -3.56. The summed E-state index contributed by atoms with van der Waals surface area (Å²) in [4.78, 5) is 12.4. The van der Waals surface area contributed by atoms with Gasteiger partial charge in [0, 0.05) is 24.7 Å². The molecule has 2 heterocycles. The minimum atomic E-state index is -3.56. The van der Waals surface area contributed by atoms with Crippen LogP contribution in [0.1, 0.15) is 31.2 Å². The Balaban J connectivity index is 1.61. The first-order valence-corrected chi connectivity index (χ1v) is 11.0. The van der Waals surface area contributed by atoms with E-state index in [1.54, 1.807) is 12.1 Å². The molecule has 2 N–H and O–H groups in total. The molecule has 2 aliphatic rings. The van der Waals surface area contributed by atoms with Crippen LogP contribution in [0, 0.1) is 12.8 Å². The average molecular weight is 400 g/mol. The van der Waals surface area contributed by atoms with Gasteiger partial charge in [0.2, 0.25) is 15.9 Å². The van der Waals surface area contributed by atoms with Crippen LogP contribution < -0.4 is 10.6 Å². The fourth-order valence-electron chi connectivity index (χ4n) is 3.57. The molecule has 2 saturated heterocycles. The first kappa shape index (κ1) is 19.6. The van der Waals surface area contributed by atoms with E-state index in [4.69, 9.17) is 11.6 Å². The van der Waals surface area contributed by atoms with Gasteiger partial charge >= 0.3 is 0 Å². The zero-order valence-electron chi connectivity index (χ0n) is 15.0. The molecule has 0 spiro atoms. The van der Waals surface area contributed by atoms with Gasteiger partial charge in [-0.2, -0.15) is 4.31 Å². The van der Waals surface area contributed by atoms with Gasteiger partial charge in [0.1, 0.15) is 0 Å². The van der Waals surface area contributed by atoms with Crippen LogP contribution in [-0.2, 0) is 14.8 Å². The van der Waals surface area contributed by atoms with Crippen LogP contribution in [0.2, 0.25) is 5.02 Å². The third kappa shape index (κ3) is 4.39. The number of hydrogen-bond donors (Lipinski definition) is 2. The van der Waals surface area contributed by atoms with E-state index in [9.17, 15) is 13.2 Å². The summed E-state index contributed by atoms with van der Waals surface area (Å²) in [6.45, 7) is 4.16. The molecule has 144 valence electrons. The maximum absolute atomic E-state index is 12.9. The molecule has 0 radical (unpaired) electrons. The average Bonchev–Trinajstić information content (AvgIpc) is 3.17. The van der Waals surface area contributed by atoms with E-state index in [1.165, 1.54) is 10.4 Å². The van der Waals surface area contributed by atoms with Gasteiger partial charge in [0.05, 0.1) is 10.9 Å². The number of aryl methyl sites for hydroxylation is 1. The molecule has 1 aromatic rings. The fourth-order valence-corrected chi connectivity index (χ4v) is 5.40. The van der Waals surface area contributed by atoms with Gasteiger partial charge in [-0.15, -0.1) is 0 Å². The highest BCUT2D eigenvalue weighted by atomic mass is 35.5. The SMILES string of the molecule is Cc1ccc(S(=O)(=O)N2CCCC(CNC(=O)C3CCCN3)C2)cc1Cl. The Kier molecular flexibility index (Phi) is 6.22. The van der Waals surface area contributed by atoms with Crippen LogP contribution in [0.4, 0.5) is 0 Å². The molecule has 0 bridgehead atoms. The fraction of sp³-hybridized carbons (Fsp3) is 0.611. The third-order valence-electron chi connectivity index (χ3n) is 5.20.